The number of carbonyl (C=O) groups excluding carboxylic acids is 1. The van der Waals surface area contributed by atoms with E-state index in [4.69, 9.17) is 9.47 Å². The van der Waals surface area contributed by atoms with Crippen LogP contribution in [0.25, 0.3) is 0 Å². The molecule has 1 aromatic heterocycles. The molecule has 0 radical (unpaired) electrons. The first-order chi connectivity index (χ1) is 9.66. The van der Waals surface area contributed by atoms with Crippen LogP contribution in [0.15, 0.2) is 6.07 Å². The summed E-state index contributed by atoms with van der Waals surface area (Å²) in [6.07, 6.45) is 3.36. The lowest BCUT2D eigenvalue weighted by molar-refractivity contribution is 0.0166. The molecular formula is C15H23NO3S. The van der Waals surface area contributed by atoms with E-state index >= 15 is 0 Å². The average Bonchev–Trinajstić information content (AvgIpc) is 3.03. The number of hydrogen-bond donors (Lipinski definition) is 1. The number of amides is 1. The Bertz CT molecular complexity index is 438. The number of thiophene rings is 1. The number of carbonyl (C=O) groups is 1. The standard InChI is InChI=1S/C15H23NO3S/c1-11-9-14(12(2)20-11)15(17)16-6-4-7-18-10-13-5-3-8-19-13/h9,13H,3-8,10H2,1-2H3,(H,16,17). The highest BCUT2D eigenvalue weighted by atomic mass is 32.1. The fraction of sp³-hybridized carbons (Fsp3) is 0.667. The summed E-state index contributed by atoms with van der Waals surface area (Å²) in [4.78, 5) is 14.2. The first kappa shape index (κ1) is 15.5. The van der Waals surface area contributed by atoms with E-state index in [0.29, 0.717) is 19.8 Å². The summed E-state index contributed by atoms with van der Waals surface area (Å²) in [5.74, 6) is 0.0194. The van der Waals surface area contributed by atoms with Crippen LogP contribution in [0.4, 0.5) is 0 Å². The molecule has 4 nitrogen and oxygen atoms in total. The van der Waals surface area contributed by atoms with E-state index in [-0.39, 0.29) is 12.0 Å². The van der Waals surface area contributed by atoms with Gasteiger partial charge in [-0.1, -0.05) is 0 Å². The molecule has 0 spiro atoms. The Labute approximate surface area is 124 Å². The van der Waals surface area contributed by atoms with Gasteiger partial charge >= 0.3 is 0 Å². The largest absolute Gasteiger partial charge is 0.379 e. The summed E-state index contributed by atoms with van der Waals surface area (Å²) in [6, 6.07) is 1.95. The third-order valence-electron chi connectivity index (χ3n) is 3.36. The van der Waals surface area contributed by atoms with Crippen LogP contribution in [0.2, 0.25) is 0 Å². The van der Waals surface area contributed by atoms with Gasteiger partial charge in [-0.3, -0.25) is 4.79 Å². The second-order valence-corrected chi connectivity index (χ2v) is 6.61. The molecule has 2 heterocycles. The van der Waals surface area contributed by atoms with E-state index in [2.05, 4.69) is 5.32 Å². The van der Waals surface area contributed by atoms with Crippen LogP contribution in [-0.2, 0) is 9.47 Å². The van der Waals surface area contributed by atoms with Crippen LogP contribution < -0.4 is 5.32 Å². The van der Waals surface area contributed by atoms with Crippen LogP contribution in [-0.4, -0.2) is 38.4 Å². The molecule has 20 heavy (non-hydrogen) atoms. The molecule has 1 N–H and O–H groups in total. The van der Waals surface area contributed by atoms with Crippen molar-refractivity contribution in [3.8, 4) is 0 Å². The Morgan fingerprint density at radius 1 is 1.55 bits per heavy atom. The van der Waals surface area contributed by atoms with Crippen LogP contribution in [0.1, 0.15) is 39.4 Å². The topological polar surface area (TPSA) is 47.6 Å². The lowest BCUT2D eigenvalue weighted by Gasteiger charge is -2.10. The minimum atomic E-state index is 0.0194. The van der Waals surface area contributed by atoms with Gasteiger partial charge in [0.15, 0.2) is 0 Å². The fourth-order valence-corrected chi connectivity index (χ4v) is 3.24. The zero-order valence-electron chi connectivity index (χ0n) is 12.2. The molecule has 0 saturated carbocycles. The Hall–Kier alpha value is -0.910. The molecule has 2 rings (SSSR count). The van der Waals surface area contributed by atoms with E-state index in [1.54, 1.807) is 11.3 Å². The third-order valence-corrected chi connectivity index (χ3v) is 4.33. The Kier molecular flexibility index (Phi) is 6.01. The zero-order valence-corrected chi connectivity index (χ0v) is 13.1. The van der Waals surface area contributed by atoms with E-state index in [1.165, 1.54) is 4.88 Å². The molecular weight excluding hydrogens is 274 g/mol. The monoisotopic (exact) mass is 297 g/mol. The van der Waals surface area contributed by atoms with Crippen LogP contribution in [0, 0.1) is 13.8 Å². The van der Waals surface area contributed by atoms with E-state index in [0.717, 1.165) is 36.3 Å². The highest BCUT2D eigenvalue weighted by molar-refractivity contribution is 7.12. The smallest absolute Gasteiger partial charge is 0.252 e. The van der Waals surface area contributed by atoms with Gasteiger partial charge in [0, 0.05) is 29.5 Å². The van der Waals surface area contributed by atoms with Crippen molar-refractivity contribution in [2.75, 3.05) is 26.4 Å². The molecule has 112 valence electrons. The van der Waals surface area contributed by atoms with Crippen molar-refractivity contribution in [1.82, 2.24) is 5.32 Å². The minimum absolute atomic E-state index is 0.0194. The van der Waals surface area contributed by atoms with Gasteiger partial charge < -0.3 is 14.8 Å². The second kappa shape index (κ2) is 7.76. The molecule has 1 aliphatic heterocycles. The molecule has 0 bridgehead atoms. The maximum atomic E-state index is 12.0. The molecule has 0 aliphatic carbocycles. The van der Waals surface area contributed by atoms with Gasteiger partial charge in [-0.15, -0.1) is 11.3 Å². The molecule has 1 aliphatic rings. The van der Waals surface area contributed by atoms with Crippen LogP contribution >= 0.6 is 11.3 Å². The Balaban J connectivity index is 1.56. The van der Waals surface area contributed by atoms with Crippen molar-refractivity contribution in [2.45, 2.75) is 39.2 Å². The minimum Gasteiger partial charge on any atom is -0.379 e. The van der Waals surface area contributed by atoms with Crippen molar-refractivity contribution in [3.63, 3.8) is 0 Å². The normalized spacial score (nSPS) is 18.4. The van der Waals surface area contributed by atoms with Crippen LogP contribution in [0.5, 0.6) is 0 Å². The average molecular weight is 297 g/mol. The molecule has 1 atom stereocenters. The summed E-state index contributed by atoms with van der Waals surface area (Å²) < 4.78 is 11.0. The highest BCUT2D eigenvalue weighted by Gasteiger charge is 2.15. The van der Waals surface area contributed by atoms with Crippen molar-refractivity contribution >= 4 is 17.2 Å². The maximum absolute atomic E-state index is 12.0. The number of rotatable bonds is 7. The highest BCUT2D eigenvalue weighted by Crippen LogP contribution is 2.20. The summed E-state index contributed by atoms with van der Waals surface area (Å²) in [5, 5.41) is 2.94. The first-order valence-corrected chi connectivity index (χ1v) is 8.03. The first-order valence-electron chi connectivity index (χ1n) is 7.21. The Morgan fingerprint density at radius 2 is 2.40 bits per heavy atom. The maximum Gasteiger partial charge on any atom is 0.252 e. The number of ether oxygens (including phenoxy) is 2. The van der Waals surface area contributed by atoms with Gasteiger partial charge in [0.05, 0.1) is 18.3 Å². The molecule has 5 heteroatoms. The molecule has 1 unspecified atom stereocenters. The number of aryl methyl sites for hydroxylation is 2. The van der Waals surface area contributed by atoms with E-state index < -0.39 is 0 Å². The Morgan fingerprint density at radius 3 is 3.05 bits per heavy atom. The third kappa shape index (κ3) is 4.58. The van der Waals surface area contributed by atoms with Crippen molar-refractivity contribution in [1.29, 1.82) is 0 Å². The summed E-state index contributed by atoms with van der Waals surface area (Å²) in [5.41, 5.74) is 0.799. The van der Waals surface area contributed by atoms with E-state index in [1.807, 2.05) is 19.9 Å². The summed E-state index contributed by atoms with van der Waals surface area (Å²) in [7, 11) is 0. The predicted octanol–water partition coefficient (Wildman–Crippen LogP) is 2.68. The van der Waals surface area contributed by atoms with Gasteiger partial charge in [-0.25, -0.2) is 0 Å². The van der Waals surface area contributed by atoms with Crippen molar-refractivity contribution in [3.05, 3.63) is 21.4 Å². The lowest BCUT2D eigenvalue weighted by atomic mass is 10.2. The second-order valence-electron chi connectivity index (χ2n) is 5.15. The lowest BCUT2D eigenvalue weighted by Crippen LogP contribution is -2.25. The molecule has 1 saturated heterocycles. The molecule has 1 aromatic rings. The van der Waals surface area contributed by atoms with Gasteiger partial charge in [-0.2, -0.15) is 0 Å². The van der Waals surface area contributed by atoms with E-state index in [9.17, 15) is 4.79 Å². The fourth-order valence-electron chi connectivity index (χ4n) is 2.32. The number of hydrogen-bond acceptors (Lipinski definition) is 4. The predicted molar refractivity (Wildman–Crippen MR) is 80.5 cm³/mol. The van der Waals surface area contributed by atoms with Crippen LogP contribution in [0.3, 0.4) is 0 Å². The summed E-state index contributed by atoms with van der Waals surface area (Å²) >= 11 is 1.66. The van der Waals surface area contributed by atoms with Gasteiger partial charge in [0.2, 0.25) is 0 Å². The van der Waals surface area contributed by atoms with Gasteiger partial charge in [-0.05, 0) is 39.2 Å². The molecule has 1 fully saturated rings. The number of nitrogens with one attached hydrogen (secondary N) is 1. The van der Waals surface area contributed by atoms with Crippen molar-refractivity contribution in [2.24, 2.45) is 0 Å². The summed E-state index contributed by atoms with van der Waals surface area (Å²) in [6.45, 7) is 6.87. The molecule has 0 aromatic carbocycles. The van der Waals surface area contributed by atoms with Gasteiger partial charge in [0.1, 0.15) is 0 Å². The SMILES string of the molecule is Cc1cc(C(=O)NCCCOCC2CCCO2)c(C)s1. The van der Waals surface area contributed by atoms with Gasteiger partial charge in [0.25, 0.3) is 5.91 Å². The van der Waals surface area contributed by atoms with Crippen molar-refractivity contribution < 1.29 is 14.3 Å². The zero-order chi connectivity index (χ0) is 14.4. The molecule has 1 amide bonds. The quantitative estimate of drug-likeness (QED) is 0.787.